The number of anilines is 2. The van der Waals surface area contributed by atoms with Crippen molar-refractivity contribution in [2.45, 2.75) is 0 Å². The van der Waals surface area contributed by atoms with E-state index in [1.54, 1.807) is 55.8 Å². The third kappa shape index (κ3) is 3.92. The largest absolute Gasteiger partial charge is 0.273 e. The minimum atomic E-state index is -0.578. The van der Waals surface area contributed by atoms with E-state index in [4.69, 9.17) is 11.6 Å². The molecular formula is C23H17ClF2N4O. The second-order valence-electron chi connectivity index (χ2n) is 6.73. The van der Waals surface area contributed by atoms with Gasteiger partial charge in [0.2, 0.25) is 5.91 Å². The normalized spacial score (nSPS) is 10.8. The number of hydrogen-bond donors (Lipinski definition) is 0. The third-order valence-corrected chi connectivity index (χ3v) is 5.00. The molecule has 8 heteroatoms. The highest BCUT2D eigenvalue weighted by Crippen LogP contribution is 2.42. The molecule has 156 valence electrons. The van der Waals surface area contributed by atoms with Gasteiger partial charge in [-0.15, -0.1) is 11.6 Å². The molecule has 4 rings (SSSR count). The number of benzene rings is 2. The lowest BCUT2D eigenvalue weighted by atomic mass is 10.0. The number of amides is 1. The Hall–Kier alpha value is -3.58. The molecule has 31 heavy (non-hydrogen) atoms. The molecule has 5 nitrogen and oxygen atoms in total. The van der Waals surface area contributed by atoms with Crippen LogP contribution in [0.3, 0.4) is 0 Å². The summed E-state index contributed by atoms with van der Waals surface area (Å²) in [6, 6.07) is 15.3. The molecule has 0 aliphatic carbocycles. The molecule has 4 aromatic rings. The van der Waals surface area contributed by atoms with Gasteiger partial charge < -0.3 is 0 Å². The molecule has 0 fully saturated rings. The van der Waals surface area contributed by atoms with Gasteiger partial charge in [-0.05, 0) is 54.1 Å². The Bertz CT molecular complexity index is 1230. The summed E-state index contributed by atoms with van der Waals surface area (Å²) in [4.78, 5) is 18.2. The number of aromatic nitrogens is 3. The molecule has 0 saturated carbocycles. The van der Waals surface area contributed by atoms with E-state index in [0.717, 1.165) is 0 Å². The number of carbonyl (C=O) groups is 1. The topological polar surface area (TPSA) is 51.0 Å². The van der Waals surface area contributed by atoms with Gasteiger partial charge in [-0.25, -0.2) is 8.78 Å². The molecule has 0 aliphatic rings. The molecule has 0 atom stereocenters. The fourth-order valence-electron chi connectivity index (χ4n) is 3.43. The van der Waals surface area contributed by atoms with Crippen LogP contribution in [0.4, 0.5) is 20.3 Å². The number of carbonyl (C=O) groups excluding carboxylic acids is 1. The van der Waals surface area contributed by atoms with Crippen LogP contribution < -0.4 is 4.90 Å². The molecule has 0 radical (unpaired) electrons. The average Bonchev–Trinajstić information content (AvgIpc) is 3.13. The van der Waals surface area contributed by atoms with E-state index in [2.05, 4.69) is 10.1 Å². The van der Waals surface area contributed by atoms with E-state index in [1.807, 2.05) is 0 Å². The van der Waals surface area contributed by atoms with E-state index < -0.39 is 11.7 Å². The number of para-hydroxylation sites is 1. The first kappa shape index (κ1) is 20.7. The SMILES string of the molecule is Cn1nc(-c2ccc(F)cc2)c(-c2ccncc2)c1N(C(=O)CCl)c1ccccc1F. The molecule has 0 bridgehead atoms. The summed E-state index contributed by atoms with van der Waals surface area (Å²) in [7, 11) is 1.66. The predicted molar refractivity (Wildman–Crippen MR) is 116 cm³/mol. The first-order valence-electron chi connectivity index (χ1n) is 9.38. The van der Waals surface area contributed by atoms with Crippen LogP contribution in [-0.4, -0.2) is 26.6 Å². The van der Waals surface area contributed by atoms with Crippen molar-refractivity contribution in [1.29, 1.82) is 0 Å². The fraction of sp³-hybridized carbons (Fsp3) is 0.0870. The second-order valence-corrected chi connectivity index (χ2v) is 7.00. The van der Waals surface area contributed by atoms with Gasteiger partial charge in [0.15, 0.2) is 0 Å². The number of pyridine rings is 1. The zero-order chi connectivity index (χ0) is 22.0. The van der Waals surface area contributed by atoms with Crippen molar-refractivity contribution in [3.05, 3.63) is 84.7 Å². The van der Waals surface area contributed by atoms with Crippen molar-refractivity contribution < 1.29 is 13.6 Å². The van der Waals surface area contributed by atoms with Gasteiger partial charge in [-0.3, -0.25) is 19.4 Å². The number of nitrogens with zero attached hydrogens (tertiary/aromatic N) is 4. The van der Waals surface area contributed by atoms with Crippen LogP contribution in [0.5, 0.6) is 0 Å². The Morgan fingerprint density at radius 3 is 2.32 bits per heavy atom. The summed E-state index contributed by atoms with van der Waals surface area (Å²) in [5.74, 6) is -1.50. The van der Waals surface area contributed by atoms with Gasteiger partial charge in [-0.2, -0.15) is 5.10 Å². The standard InChI is InChI=1S/C23H17ClF2N4O/c1-29-23(30(20(31)14-24)19-5-3-2-4-18(19)26)21(15-10-12-27-13-11-15)22(28-29)16-6-8-17(25)9-7-16/h2-13H,14H2,1H3. The predicted octanol–water partition coefficient (Wildman–Crippen LogP) is 5.33. The lowest BCUT2D eigenvalue weighted by molar-refractivity contribution is -0.115. The minimum Gasteiger partial charge on any atom is -0.273 e. The first-order valence-corrected chi connectivity index (χ1v) is 9.91. The smallest absolute Gasteiger partial charge is 0.247 e. The molecule has 0 spiro atoms. The maximum absolute atomic E-state index is 14.7. The van der Waals surface area contributed by atoms with Crippen LogP contribution in [0.25, 0.3) is 22.4 Å². The van der Waals surface area contributed by atoms with Gasteiger partial charge in [-0.1, -0.05) is 12.1 Å². The van der Waals surface area contributed by atoms with Crippen molar-refractivity contribution in [3.8, 4) is 22.4 Å². The lowest BCUT2D eigenvalue weighted by Crippen LogP contribution is -2.30. The van der Waals surface area contributed by atoms with Gasteiger partial charge in [0.25, 0.3) is 0 Å². The number of alkyl halides is 1. The summed E-state index contributed by atoms with van der Waals surface area (Å²) in [6.45, 7) is 0. The maximum atomic E-state index is 14.7. The van der Waals surface area contributed by atoms with Crippen LogP contribution in [0, 0.1) is 11.6 Å². The zero-order valence-electron chi connectivity index (χ0n) is 16.5. The zero-order valence-corrected chi connectivity index (χ0v) is 17.2. The lowest BCUT2D eigenvalue weighted by Gasteiger charge is -2.24. The van der Waals surface area contributed by atoms with Gasteiger partial charge >= 0.3 is 0 Å². The molecule has 0 N–H and O–H groups in total. The van der Waals surface area contributed by atoms with Crippen molar-refractivity contribution in [3.63, 3.8) is 0 Å². The minimum absolute atomic E-state index is 0.0529. The van der Waals surface area contributed by atoms with Crippen molar-refractivity contribution in [2.75, 3.05) is 10.8 Å². The first-order chi connectivity index (χ1) is 15.0. The maximum Gasteiger partial charge on any atom is 0.247 e. The van der Waals surface area contributed by atoms with Crippen LogP contribution in [-0.2, 0) is 11.8 Å². The second kappa shape index (κ2) is 8.65. The molecule has 2 aromatic carbocycles. The highest BCUT2D eigenvalue weighted by atomic mass is 35.5. The summed E-state index contributed by atoms with van der Waals surface area (Å²) in [5, 5.41) is 4.59. The van der Waals surface area contributed by atoms with Crippen LogP contribution in [0.15, 0.2) is 73.1 Å². The summed E-state index contributed by atoms with van der Waals surface area (Å²) < 4.78 is 29.7. The molecule has 2 heterocycles. The van der Waals surface area contributed by atoms with Crippen LogP contribution in [0.1, 0.15) is 0 Å². The number of aryl methyl sites for hydroxylation is 1. The number of rotatable bonds is 5. The van der Waals surface area contributed by atoms with Crippen LogP contribution in [0.2, 0.25) is 0 Å². The van der Waals surface area contributed by atoms with E-state index in [-0.39, 0.29) is 17.4 Å². The highest BCUT2D eigenvalue weighted by molar-refractivity contribution is 6.30. The van der Waals surface area contributed by atoms with E-state index in [1.165, 1.54) is 33.8 Å². The van der Waals surface area contributed by atoms with Crippen molar-refractivity contribution in [1.82, 2.24) is 14.8 Å². The highest BCUT2D eigenvalue weighted by Gasteiger charge is 2.29. The Labute approximate surface area is 182 Å². The summed E-state index contributed by atoms with van der Waals surface area (Å²) in [5.41, 5.74) is 2.48. The Kier molecular flexibility index (Phi) is 5.77. The number of hydrogen-bond acceptors (Lipinski definition) is 3. The van der Waals surface area contributed by atoms with Gasteiger partial charge in [0.05, 0.1) is 11.3 Å². The molecule has 1 amide bonds. The Morgan fingerprint density at radius 2 is 1.68 bits per heavy atom. The fourth-order valence-corrected chi connectivity index (χ4v) is 3.54. The summed E-state index contributed by atoms with van der Waals surface area (Å²) in [6.07, 6.45) is 3.22. The quantitative estimate of drug-likeness (QED) is 0.396. The molecule has 0 unspecified atom stereocenters. The Morgan fingerprint density at radius 1 is 1.00 bits per heavy atom. The van der Waals surface area contributed by atoms with E-state index >= 15 is 0 Å². The van der Waals surface area contributed by atoms with Crippen molar-refractivity contribution in [2.24, 2.45) is 7.05 Å². The van der Waals surface area contributed by atoms with E-state index in [0.29, 0.717) is 28.2 Å². The molecule has 2 aromatic heterocycles. The van der Waals surface area contributed by atoms with Gasteiger partial charge in [0.1, 0.15) is 29.0 Å². The van der Waals surface area contributed by atoms with E-state index in [9.17, 15) is 13.6 Å². The number of halogens is 3. The monoisotopic (exact) mass is 438 g/mol. The average molecular weight is 439 g/mol. The molecular weight excluding hydrogens is 422 g/mol. The third-order valence-electron chi connectivity index (χ3n) is 4.77. The Balaban J connectivity index is 2.04. The van der Waals surface area contributed by atoms with Gasteiger partial charge in [0, 0.05) is 25.0 Å². The molecule has 0 saturated heterocycles. The van der Waals surface area contributed by atoms with Crippen molar-refractivity contribution >= 4 is 29.0 Å². The van der Waals surface area contributed by atoms with Crippen LogP contribution >= 0.6 is 11.6 Å². The molecule has 0 aliphatic heterocycles. The summed E-state index contributed by atoms with van der Waals surface area (Å²) >= 11 is 5.90.